The third-order valence-corrected chi connectivity index (χ3v) is 6.91. The first-order chi connectivity index (χ1) is 15.8. The van der Waals surface area contributed by atoms with Gasteiger partial charge in [0.05, 0.1) is 4.90 Å². The van der Waals surface area contributed by atoms with E-state index >= 15 is 0 Å². The number of pyridine rings is 1. The second-order valence-corrected chi connectivity index (χ2v) is 9.22. The molecule has 2 heterocycles. The molecule has 4 rings (SSSR count). The van der Waals surface area contributed by atoms with Gasteiger partial charge < -0.3 is 4.74 Å². The lowest BCUT2D eigenvalue weighted by molar-refractivity contribution is 0.457. The van der Waals surface area contributed by atoms with Crippen molar-refractivity contribution in [2.75, 3.05) is 0 Å². The zero-order valence-electron chi connectivity index (χ0n) is 17.9. The molecule has 164 valence electrons. The van der Waals surface area contributed by atoms with E-state index in [0.717, 1.165) is 17.2 Å². The largest absolute Gasteiger partial charge is 0.438 e. The maximum Gasteiger partial charge on any atom is 0.269 e. The van der Waals surface area contributed by atoms with Crippen molar-refractivity contribution in [3.8, 4) is 17.7 Å². The predicted molar refractivity (Wildman–Crippen MR) is 125 cm³/mol. The monoisotopic (exact) mass is 457 g/mol. The highest BCUT2D eigenvalue weighted by atomic mass is 32.2. The molecule has 0 amide bonds. The lowest BCUT2D eigenvalue weighted by atomic mass is 10.1. The van der Waals surface area contributed by atoms with Crippen LogP contribution in [0.25, 0.3) is 11.7 Å². The summed E-state index contributed by atoms with van der Waals surface area (Å²) in [5, 5.41) is 9.68. The van der Waals surface area contributed by atoms with Crippen LogP contribution < -0.4 is 10.3 Å². The molecule has 2 aromatic carbocycles. The number of hydrogen-bond donors (Lipinski definition) is 0. The van der Waals surface area contributed by atoms with Gasteiger partial charge in [-0.2, -0.15) is 10.2 Å². The molecule has 4 aromatic rings. The van der Waals surface area contributed by atoms with E-state index < -0.39 is 20.3 Å². The Morgan fingerprint density at radius 3 is 2.48 bits per heavy atom. The number of aromatic nitrogens is 2. The van der Waals surface area contributed by atoms with Crippen molar-refractivity contribution in [1.29, 1.82) is 5.26 Å². The molecule has 0 saturated carbocycles. The summed E-state index contributed by atoms with van der Waals surface area (Å²) < 4.78 is 33.4. The SMILES string of the molecule is Cc1cccc(Oc2nc3ccccn3c(=O)c2/C=C(/C#N)S(=O)(=O)c2ccccc2)c1C. The van der Waals surface area contributed by atoms with E-state index in [4.69, 9.17) is 4.74 Å². The molecule has 0 saturated heterocycles. The Hall–Kier alpha value is -4.22. The number of benzene rings is 2. The van der Waals surface area contributed by atoms with Gasteiger partial charge in [-0.25, -0.2) is 8.42 Å². The van der Waals surface area contributed by atoms with Gasteiger partial charge in [-0.15, -0.1) is 0 Å². The number of nitrogens with zero attached hydrogens (tertiary/aromatic N) is 3. The number of ether oxygens (including phenoxy) is 1. The molecule has 0 unspecified atom stereocenters. The van der Waals surface area contributed by atoms with E-state index in [1.54, 1.807) is 48.5 Å². The van der Waals surface area contributed by atoms with Crippen molar-refractivity contribution < 1.29 is 13.2 Å². The van der Waals surface area contributed by atoms with E-state index in [-0.39, 0.29) is 16.3 Å². The lowest BCUT2D eigenvalue weighted by Crippen LogP contribution is -2.19. The molecule has 0 bridgehead atoms. The molecule has 0 aliphatic rings. The molecule has 0 radical (unpaired) electrons. The molecule has 2 aromatic heterocycles. The Balaban J connectivity index is 1.97. The summed E-state index contributed by atoms with van der Waals surface area (Å²) in [6.07, 6.45) is 2.54. The van der Waals surface area contributed by atoms with Gasteiger partial charge in [0.2, 0.25) is 15.7 Å². The lowest BCUT2D eigenvalue weighted by Gasteiger charge is -2.13. The smallest absolute Gasteiger partial charge is 0.269 e. The van der Waals surface area contributed by atoms with Crippen molar-refractivity contribution in [2.45, 2.75) is 18.7 Å². The van der Waals surface area contributed by atoms with Crippen molar-refractivity contribution in [1.82, 2.24) is 9.38 Å². The topological polar surface area (TPSA) is 102 Å². The predicted octanol–water partition coefficient (Wildman–Crippen LogP) is 4.44. The Labute approximate surface area is 190 Å². The van der Waals surface area contributed by atoms with Crippen LogP contribution in [0.15, 0.2) is 87.5 Å². The maximum absolute atomic E-state index is 13.3. The van der Waals surface area contributed by atoms with Gasteiger partial charge in [-0.1, -0.05) is 36.4 Å². The van der Waals surface area contributed by atoms with Crippen LogP contribution >= 0.6 is 0 Å². The van der Waals surface area contributed by atoms with Crippen LogP contribution in [-0.4, -0.2) is 17.8 Å². The fraction of sp³-hybridized carbons (Fsp3) is 0.0800. The molecule has 0 atom stereocenters. The normalized spacial score (nSPS) is 11.8. The number of fused-ring (bicyclic) bond motifs is 1. The highest BCUT2D eigenvalue weighted by Gasteiger charge is 2.23. The number of aryl methyl sites for hydroxylation is 1. The Morgan fingerprint density at radius 2 is 1.76 bits per heavy atom. The van der Waals surface area contributed by atoms with Gasteiger partial charge >= 0.3 is 0 Å². The Morgan fingerprint density at radius 1 is 1.03 bits per heavy atom. The zero-order valence-corrected chi connectivity index (χ0v) is 18.7. The Kier molecular flexibility index (Phi) is 5.82. The van der Waals surface area contributed by atoms with E-state index in [1.807, 2.05) is 26.0 Å². The number of sulfone groups is 1. The molecule has 0 N–H and O–H groups in total. The van der Waals surface area contributed by atoms with Crippen LogP contribution in [0.2, 0.25) is 0 Å². The van der Waals surface area contributed by atoms with Crippen LogP contribution in [0.4, 0.5) is 0 Å². The standard InChI is InChI=1S/C25H19N3O4S/c1-17-9-8-12-22(18(17)2)32-24-21(25(29)28-14-7-6-13-23(28)27-24)15-20(16-26)33(30,31)19-10-4-3-5-11-19/h3-15H,1-2H3/b20-15-. The quantitative estimate of drug-likeness (QED) is 0.411. The van der Waals surface area contributed by atoms with E-state index in [1.165, 1.54) is 22.7 Å². The highest BCUT2D eigenvalue weighted by molar-refractivity contribution is 7.95. The number of hydrogen-bond acceptors (Lipinski definition) is 6. The van der Waals surface area contributed by atoms with Crippen LogP contribution in [0, 0.1) is 25.2 Å². The third-order valence-electron chi connectivity index (χ3n) is 5.22. The summed E-state index contributed by atoms with van der Waals surface area (Å²) in [4.78, 5) is 17.1. The van der Waals surface area contributed by atoms with Gasteiger partial charge in [-0.3, -0.25) is 9.20 Å². The number of allylic oxidation sites excluding steroid dienone is 1. The minimum atomic E-state index is -4.16. The van der Waals surface area contributed by atoms with Crippen LogP contribution in [-0.2, 0) is 9.84 Å². The second-order valence-electron chi connectivity index (χ2n) is 7.30. The second kappa shape index (κ2) is 8.73. The summed E-state index contributed by atoms with van der Waals surface area (Å²) in [5.74, 6) is 0.386. The molecular weight excluding hydrogens is 438 g/mol. The molecule has 8 heteroatoms. The van der Waals surface area contributed by atoms with Gasteiger partial charge in [0.15, 0.2) is 0 Å². The van der Waals surface area contributed by atoms with Gasteiger partial charge in [-0.05, 0) is 61.4 Å². The van der Waals surface area contributed by atoms with Gasteiger partial charge in [0.25, 0.3) is 5.56 Å². The minimum absolute atomic E-state index is 0.0522. The minimum Gasteiger partial charge on any atom is -0.438 e. The molecular formula is C25H19N3O4S. The molecule has 0 aliphatic carbocycles. The summed E-state index contributed by atoms with van der Waals surface area (Å²) in [6.45, 7) is 3.79. The van der Waals surface area contributed by atoms with Crippen molar-refractivity contribution in [2.24, 2.45) is 0 Å². The maximum atomic E-state index is 13.3. The van der Waals surface area contributed by atoms with Crippen molar-refractivity contribution in [3.63, 3.8) is 0 Å². The summed E-state index contributed by atoms with van der Waals surface area (Å²) in [7, 11) is -4.16. The zero-order chi connectivity index (χ0) is 23.6. The fourth-order valence-electron chi connectivity index (χ4n) is 3.25. The fourth-order valence-corrected chi connectivity index (χ4v) is 4.41. The van der Waals surface area contributed by atoms with Gasteiger partial charge in [0.1, 0.15) is 27.9 Å². The van der Waals surface area contributed by atoms with E-state index in [0.29, 0.717) is 11.4 Å². The van der Waals surface area contributed by atoms with Crippen molar-refractivity contribution >= 4 is 21.6 Å². The first-order valence-corrected chi connectivity index (χ1v) is 11.5. The average molecular weight is 458 g/mol. The van der Waals surface area contributed by atoms with Crippen LogP contribution in [0.1, 0.15) is 16.7 Å². The summed E-state index contributed by atoms with van der Waals surface area (Å²) >= 11 is 0. The summed E-state index contributed by atoms with van der Waals surface area (Å²) in [5.41, 5.74) is 1.45. The highest BCUT2D eigenvalue weighted by Crippen LogP contribution is 2.29. The molecule has 7 nitrogen and oxygen atoms in total. The van der Waals surface area contributed by atoms with E-state index in [9.17, 15) is 18.5 Å². The summed E-state index contributed by atoms with van der Waals surface area (Å²) in [6, 6.07) is 19.8. The van der Waals surface area contributed by atoms with Crippen molar-refractivity contribution in [3.05, 3.63) is 105 Å². The average Bonchev–Trinajstić information content (AvgIpc) is 2.82. The number of rotatable bonds is 5. The van der Waals surface area contributed by atoms with Gasteiger partial charge in [0, 0.05) is 6.20 Å². The molecule has 0 fully saturated rings. The molecule has 0 spiro atoms. The van der Waals surface area contributed by atoms with Crippen LogP contribution in [0.3, 0.4) is 0 Å². The third kappa shape index (κ3) is 4.14. The van der Waals surface area contributed by atoms with E-state index in [2.05, 4.69) is 4.98 Å². The van der Waals surface area contributed by atoms with Crippen LogP contribution in [0.5, 0.6) is 11.6 Å². The first-order valence-electron chi connectivity index (χ1n) is 10.0. The first kappa shape index (κ1) is 22.0. The Bertz CT molecular complexity index is 1600. The number of nitriles is 1. The molecule has 0 aliphatic heterocycles. The molecule has 33 heavy (non-hydrogen) atoms.